The molecule has 1 saturated heterocycles. The zero-order valence-corrected chi connectivity index (χ0v) is 20.8. The Kier molecular flexibility index (Phi) is 9.82. The molecule has 3 rings (SSSR count). The number of nitrogens with zero attached hydrogens (tertiary/aromatic N) is 1. The predicted octanol–water partition coefficient (Wildman–Crippen LogP) is 2.46. The van der Waals surface area contributed by atoms with Gasteiger partial charge in [-0.25, -0.2) is 5.43 Å². The van der Waals surface area contributed by atoms with Gasteiger partial charge in [-0.2, -0.15) is 5.10 Å². The Morgan fingerprint density at radius 2 is 1.83 bits per heavy atom. The summed E-state index contributed by atoms with van der Waals surface area (Å²) in [7, 11) is 0. The van der Waals surface area contributed by atoms with Crippen molar-refractivity contribution in [2.24, 2.45) is 5.10 Å². The van der Waals surface area contributed by atoms with Crippen LogP contribution in [0.1, 0.15) is 36.5 Å². The average molecular weight is 497 g/mol. The highest BCUT2D eigenvalue weighted by atomic mass is 16.5. The number of hydrogen-bond acceptors (Lipinski definition) is 7. The summed E-state index contributed by atoms with van der Waals surface area (Å²) in [6, 6.07) is 10.8. The summed E-state index contributed by atoms with van der Waals surface area (Å²) in [6.07, 6.45) is 3.13. The number of benzene rings is 2. The van der Waals surface area contributed by atoms with Crippen molar-refractivity contribution < 1.29 is 28.6 Å². The second-order valence-corrected chi connectivity index (χ2v) is 8.40. The Morgan fingerprint density at radius 3 is 2.53 bits per heavy atom. The zero-order chi connectivity index (χ0) is 25.9. The van der Waals surface area contributed by atoms with E-state index in [0.29, 0.717) is 36.0 Å². The molecule has 0 saturated carbocycles. The van der Waals surface area contributed by atoms with Crippen LogP contribution in [0.2, 0.25) is 0 Å². The number of carbonyl (C=O) groups excluding carboxylic acids is 3. The fourth-order valence-electron chi connectivity index (χ4n) is 3.69. The van der Waals surface area contributed by atoms with Crippen LogP contribution in [0.25, 0.3) is 0 Å². The van der Waals surface area contributed by atoms with Crippen molar-refractivity contribution in [3.05, 3.63) is 53.1 Å². The lowest BCUT2D eigenvalue weighted by atomic mass is 10.1. The maximum absolute atomic E-state index is 12.3. The van der Waals surface area contributed by atoms with Crippen molar-refractivity contribution in [1.29, 1.82) is 0 Å². The highest BCUT2D eigenvalue weighted by Crippen LogP contribution is 2.28. The van der Waals surface area contributed by atoms with Gasteiger partial charge in [-0.3, -0.25) is 14.4 Å². The van der Waals surface area contributed by atoms with Crippen LogP contribution in [0, 0.1) is 13.8 Å². The summed E-state index contributed by atoms with van der Waals surface area (Å²) in [5.74, 6) is -1.14. The molecule has 0 bridgehead atoms. The Labute approximate surface area is 210 Å². The first-order valence-electron chi connectivity index (χ1n) is 11.8. The Morgan fingerprint density at radius 1 is 1.06 bits per heavy atom. The maximum atomic E-state index is 12.3. The van der Waals surface area contributed by atoms with Crippen molar-refractivity contribution in [2.45, 2.75) is 39.7 Å². The summed E-state index contributed by atoms with van der Waals surface area (Å²) in [5, 5.41) is 9.19. The number of hydrazone groups is 1. The van der Waals surface area contributed by atoms with Gasteiger partial charge in [0.15, 0.2) is 18.1 Å². The third-order valence-corrected chi connectivity index (χ3v) is 5.23. The van der Waals surface area contributed by atoms with E-state index in [1.807, 2.05) is 39.0 Å². The first kappa shape index (κ1) is 26.7. The number of rotatable bonds is 10. The second-order valence-electron chi connectivity index (χ2n) is 8.40. The molecule has 36 heavy (non-hydrogen) atoms. The number of nitrogens with one attached hydrogen (secondary N) is 3. The SMILES string of the molecule is CCOc1cc(/C=N\NC(=O)C(=O)NC[C@H]2CCCO2)ccc1OCC(=O)Nc1cc(C)cc(C)c1. The molecule has 0 aliphatic carbocycles. The average Bonchev–Trinajstić information content (AvgIpc) is 3.35. The molecule has 3 amide bonds. The van der Waals surface area contributed by atoms with E-state index in [9.17, 15) is 14.4 Å². The van der Waals surface area contributed by atoms with Crippen LogP contribution >= 0.6 is 0 Å². The van der Waals surface area contributed by atoms with Gasteiger partial charge in [0.05, 0.1) is 18.9 Å². The molecule has 1 heterocycles. The topological polar surface area (TPSA) is 127 Å². The van der Waals surface area contributed by atoms with Crippen LogP contribution in [0.15, 0.2) is 41.5 Å². The van der Waals surface area contributed by atoms with Gasteiger partial charge < -0.3 is 24.8 Å². The minimum absolute atomic E-state index is 0.0548. The van der Waals surface area contributed by atoms with Crippen LogP contribution in [0.4, 0.5) is 5.69 Å². The smallest absolute Gasteiger partial charge is 0.329 e. The number of aryl methyl sites for hydroxylation is 2. The maximum Gasteiger partial charge on any atom is 0.329 e. The number of ether oxygens (including phenoxy) is 3. The van der Waals surface area contributed by atoms with E-state index in [1.165, 1.54) is 6.21 Å². The van der Waals surface area contributed by atoms with Gasteiger partial charge in [0.1, 0.15) is 0 Å². The molecule has 3 N–H and O–H groups in total. The molecular weight excluding hydrogens is 464 g/mol. The standard InChI is InChI=1S/C26H32N4O6/c1-4-34-23-13-19(14-28-30-26(33)25(32)27-15-21-6-5-9-35-21)7-8-22(23)36-16-24(31)29-20-11-17(2)10-18(3)12-20/h7-8,10-14,21H,4-6,9,15-16H2,1-3H3,(H,27,32)(H,29,31)(H,30,33)/b28-14-/t21-/m1/s1. The van der Waals surface area contributed by atoms with E-state index in [1.54, 1.807) is 18.2 Å². The normalized spacial score (nSPS) is 14.9. The third-order valence-electron chi connectivity index (χ3n) is 5.23. The van der Waals surface area contributed by atoms with Crippen molar-refractivity contribution >= 4 is 29.6 Å². The van der Waals surface area contributed by atoms with Crippen molar-refractivity contribution in [2.75, 3.05) is 31.7 Å². The van der Waals surface area contributed by atoms with Crippen LogP contribution in [0.3, 0.4) is 0 Å². The Bertz CT molecular complexity index is 1090. The highest BCUT2D eigenvalue weighted by Gasteiger charge is 2.19. The molecule has 0 spiro atoms. The Hall–Kier alpha value is -3.92. The van der Waals surface area contributed by atoms with Gasteiger partial charge in [-0.05, 0) is 80.6 Å². The number of carbonyl (C=O) groups is 3. The first-order valence-corrected chi connectivity index (χ1v) is 11.8. The molecule has 1 fully saturated rings. The molecule has 192 valence electrons. The minimum Gasteiger partial charge on any atom is -0.490 e. The predicted molar refractivity (Wildman–Crippen MR) is 135 cm³/mol. The molecule has 10 heteroatoms. The van der Waals surface area contributed by atoms with Crippen LogP contribution < -0.4 is 25.5 Å². The number of amides is 3. The monoisotopic (exact) mass is 496 g/mol. The molecule has 1 aliphatic rings. The van der Waals surface area contributed by atoms with E-state index in [4.69, 9.17) is 14.2 Å². The lowest BCUT2D eigenvalue weighted by Crippen LogP contribution is -2.41. The first-order chi connectivity index (χ1) is 17.3. The largest absolute Gasteiger partial charge is 0.490 e. The molecule has 1 aliphatic heterocycles. The number of anilines is 1. The highest BCUT2D eigenvalue weighted by molar-refractivity contribution is 6.35. The van der Waals surface area contributed by atoms with Crippen LogP contribution in [0.5, 0.6) is 11.5 Å². The summed E-state index contributed by atoms with van der Waals surface area (Å²) >= 11 is 0. The van der Waals surface area contributed by atoms with Gasteiger partial charge in [0.2, 0.25) is 0 Å². The quantitative estimate of drug-likeness (QED) is 0.263. The zero-order valence-electron chi connectivity index (χ0n) is 20.8. The van der Waals surface area contributed by atoms with E-state index < -0.39 is 11.8 Å². The van der Waals surface area contributed by atoms with Crippen molar-refractivity contribution in [1.82, 2.24) is 10.7 Å². The second kappa shape index (κ2) is 13.2. The molecule has 2 aromatic rings. The lowest BCUT2D eigenvalue weighted by molar-refractivity contribution is -0.139. The minimum atomic E-state index is -0.871. The molecule has 1 atom stereocenters. The van der Waals surface area contributed by atoms with Gasteiger partial charge in [-0.1, -0.05) is 6.07 Å². The molecule has 0 aromatic heterocycles. The van der Waals surface area contributed by atoms with Crippen LogP contribution in [-0.2, 0) is 19.1 Å². The summed E-state index contributed by atoms with van der Waals surface area (Å²) in [6.45, 7) is 6.90. The van der Waals surface area contributed by atoms with E-state index >= 15 is 0 Å². The molecule has 2 aromatic carbocycles. The van der Waals surface area contributed by atoms with Gasteiger partial charge in [0, 0.05) is 18.8 Å². The molecule has 10 nitrogen and oxygen atoms in total. The lowest BCUT2D eigenvalue weighted by Gasteiger charge is -2.13. The fourth-order valence-corrected chi connectivity index (χ4v) is 3.69. The fraction of sp³-hybridized carbons (Fsp3) is 0.385. The third kappa shape index (κ3) is 8.38. The van der Waals surface area contributed by atoms with Crippen molar-refractivity contribution in [3.8, 4) is 11.5 Å². The molecular formula is C26H32N4O6. The number of hydrogen-bond donors (Lipinski definition) is 3. The Balaban J connectivity index is 1.51. The van der Waals surface area contributed by atoms with Crippen LogP contribution in [-0.4, -0.2) is 56.4 Å². The van der Waals surface area contributed by atoms with Gasteiger partial charge in [-0.15, -0.1) is 0 Å². The van der Waals surface area contributed by atoms with E-state index in [-0.39, 0.29) is 25.2 Å². The molecule has 0 unspecified atom stereocenters. The van der Waals surface area contributed by atoms with Gasteiger partial charge in [0.25, 0.3) is 5.91 Å². The van der Waals surface area contributed by atoms with E-state index in [0.717, 1.165) is 24.0 Å². The van der Waals surface area contributed by atoms with Gasteiger partial charge >= 0.3 is 11.8 Å². The van der Waals surface area contributed by atoms with E-state index in [2.05, 4.69) is 21.2 Å². The van der Waals surface area contributed by atoms with Crippen molar-refractivity contribution in [3.63, 3.8) is 0 Å². The molecule has 0 radical (unpaired) electrons. The summed E-state index contributed by atoms with van der Waals surface area (Å²) in [5.41, 5.74) is 5.61. The summed E-state index contributed by atoms with van der Waals surface area (Å²) < 4.78 is 16.7. The summed E-state index contributed by atoms with van der Waals surface area (Å²) in [4.78, 5) is 36.1.